The first-order valence-electron chi connectivity index (χ1n) is 7.84. The van der Waals surface area contributed by atoms with Crippen LogP contribution in [-0.4, -0.2) is 0 Å². The fourth-order valence-electron chi connectivity index (χ4n) is 3.33. The second-order valence-electron chi connectivity index (χ2n) is 5.75. The predicted octanol–water partition coefficient (Wildman–Crippen LogP) is 5.60. The van der Waals surface area contributed by atoms with Gasteiger partial charge in [-0.15, -0.1) is 0 Å². The van der Waals surface area contributed by atoms with Crippen molar-refractivity contribution in [3.63, 3.8) is 0 Å². The summed E-state index contributed by atoms with van der Waals surface area (Å²) in [6.07, 6.45) is 32.8. The lowest BCUT2D eigenvalue weighted by Gasteiger charge is -2.19. The van der Waals surface area contributed by atoms with E-state index in [0.29, 0.717) is 0 Å². The van der Waals surface area contributed by atoms with Gasteiger partial charge in [0.25, 0.3) is 0 Å². The third-order valence-electron chi connectivity index (χ3n) is 4.34. The van der Waals surface area contributed by atoms with E-state index in [0.717, 1.165) is 12.8 Å². The Bertz CT molecular complexity index is 742. The molecule has 4 aliphatic rings. The third-order valence-corrected chi connectivity index (χ3v) is 4.34. The van der Waals surface area contributed by atoms with Crippen LogP contribution in [0.4, 0.5) is 0 Å². The summed E-state index contributed by atoms with van der Waals surface area (Å²) in [4.78, 5) is 0. The Morgan fingerprint density at radius 1 is 0.500 bits per heavy atom. The second kappa shape index (κ2) is 5.65. The smallest absolute Gasteiger partial charge is 0.00331 e. The standard InChI is InChI=1S/C22H18/c1-2-10-18-12-4-3-11-17(9-1)21(18)22-19-13-5-6-14-20(22)16-8-7-15-19/h1-14H,15-16H2. The van der Waals surface area contributed by atoms with E-state index in [4.69, 9.17) is 0 Å². The molecule has 0 fully saturated rings. The lowest BCUT2D eigenvalue weighted by Crippen LogP contribution is -2.01. The molecule has 0 N–H and O–H groups in total. The number of rotatable bonds is 0. The molecule has 0 aliphatic heterocycles. The van der Waals surface area contributed by atoms with Gasteiger partial charge in [-0.2, -0.15) is 0 Å². The van der Waals surface area contributed by atoms with Gasteiger partial charge in [0.05, 0.1) is 0 Å². The van der Waals surface area contributed by atoms with Crippen molar-refractivity contribution in [2.75, 3.05) is 0 Å². The quantitative estimate of drug-likeness (QED) is 0.507. The van der Waals surface area contributed by atoms with Crippen LogP contribution in [0.15, 0.2) is 119 Å². The average molecular weight is 282 g/mol. The molecular formula is C22H18. The Morgan fingerprint density at radius 3 is 1.55 bits per heavy atom. The zero-order valence-corrected chi connectivity index (χ0v) is 12.5. The van der Waals surface area contributed by atoms with Gasteiger partial charge < -0.3 is 0 Å². The Morgan fingerprint density at radius 2 is 1.00 bits per heavy atom. The predicted molar refractivity (Wildman–Crippen MR) is 94.3 cm³/mol. The maximum atomic E-state index is 2.29. The topological polar surface area (TPSA) is 0 Å². The number of hydrogen-bond donors (Lipinski definition) is 0. The highest BCUT2D eigenvalue weighted by Gasteiger charge is 2.22. The monoisotopic (exact) mass is 282 g/mol. The highest BCUT2D eigenvalue weighted by molar-refractivity contribution is 5.71. The zero-order chi connectivity index (χ0) is 14.8. The molecule has 0 spiro atoms. The van der Waals surface area contributed by atoms with Gasteiger partial charge in [-0.05, 0) is 46.3 Å². The molecule has 4 bridgehead atoms. The Balaban J connectivity index is 2.04. The van der Waals surface area contributed by atoms with Gasteiger partial charge in [-0.25, -0.2) is 0 Å². The second-order valence-corrected chi connectivity index (χ2v) is 5.75. The maximum absolute atomic E-state index is 2.29. The molecule has 106 valence electrons. The summed E-state index contributed by atoms with van der Waals surface area (Å²) in [6, 6.07) is 0. The van der Waals surface area contributed by atoms with E-state index in [1.807, 2.05) is 0 Å². The fraction of sp³-hybridized carbons (Fsp3) is 0.0909. The van der Waals surface area contributed by atoms with E-state index in [2.05, 4.69) is 85.1 Å². The molecule has 0 heterocycles. The normalized spacial score (nSPS) is 22.2. The first kappa shape index (κ1) is 13.1. The van der Waals surface area contributed by atoms with Crippen LogP contribution in [-0.2, 0) is 0 Å². The van der Waals surface area contributed by atoms with Crippen molar-refractivity contribution in [1.29, 1.82) is 0 Å². The summed E-state index contributed by atoms with van der Waals surface area (Å²) in [5.41, 5.74) is 8.17. The minimum Gasteiger partial charge on any atom is -0.0838 e. The van der Waals surface area contributed by atoms with Crippen LogP contribution in [0.2, 0.25) is 0 Å². The molecular weight excluding hydrogens is 264 g/mol. The van der Waals surface area contributed by atoms with Crippen LogP contribution in [0, 0.1) is 0 Å². The lowest BCUT2D eigenvalue weighted by atomic mass is 9.84. The van der Waals surface area contributed by atoms with Crippen molar-refractivity contribution in [2.24, 2.45) is 0 Å². The summed E-state index contributed by atoms with van der Waals surface area (Å²) >= 11 is 0. The van der Waals surface area contributed by atoms with Crippen molar-refractivity contribution in [3.8, 4) is 0 Å². The van der Waals surface area contributed by atoms with Crippen molar-refractivity contribution < 1.29 is 0 Å². The molecule has 0 radical (unpaired) electrons. The van der Waals surface area contributed by atoms with Crippen molar-refractivity contribution >= 4 is 0 Å². The van der Waals surface area contributed by atoms with E-state index in [-0.39, 0.29) is 0 Å². The molecule has 4 rings (SSSR count). The zero-order valence-electron chi connectivity index (χ0n) is 12.5. The van der Waals surface area contributed by atoms with Gasteiger partial charge in [0.1, 0.15) is 0 Å². The molecule has 0 aromatic carbocycles. The summed E-state index contributed by atoms with van der Waals surface area (Å²) in [7, 11) is 0. The van der Waals surface area contributed by atoms with Crippen LogP contribution in [0.25, 0.3) is 0 Å². The summed E-state index contributed by atoms with van der Waals surface area (Å²) in [5.74, 6) is 0. The number of allylic oxidation sites excluding steroid dienone is 20. The number of fused-ring (bicyclic) bond motifs is 4. The third kappa shape index (κ3) is 2.27. The SMILES string of the molecule is C1=CC=C2C=CC=CC(=C1)C2=C1C2=CC=CC=C1CC=CC2. The van der Waals surface area contributed by atoms with Crippen LogP contribution < -0.4 is 0 Å². The Kier molecular flexibility index (Phi) is 3.36. The molecule has 4 aliphatic carbocycles. The van der Waals surface area contributed by atoms with Crippen LogP contribution in [0.3, 0.4) is 0 Å². The largest absolute Gasteiger partial charge is 0.0838 e. The molecule has 0 saturated carbocycles. The highest BCUT2D eigenvalue weighted by Crippen LogP contribution is 2.40. The summed E-state index contributed by atoms with van der Waals surface area (Å²) in [5, 5.41) is 0. The first-order chi connectivity index (χ1) is 10.9. The van der Waals surface area contributed by atoms with Crippen molar-refractivity contribution in [1.82, 2.24) is 0 Å². The van der Waals surface area contributed by atoms with Gasteiger partial charge in [0.15, 0.2) is 0 Å². The molecule has 0 saturated heterocycles. The maximum Gasteiger partial charge on any atom is -0.00331 e. The van der Waals surface area contributed by atoms with E-state index >= 15 is 0 Å². The summed E-state index contributed by atoms with van der Waals surface area (Å²) < 4.78 is 0. The highest BCUT2D eigenvalue weighted by atomic mass is 14.3. The molecule has 22 heavy (non-hydrogen) atoms. The molecule has 0 nitrogen and oxygen atoms in total. The molecule has 0 aromatic heterocycles. The molecule has 0 unspecified atom stereocenters. The van der Waals surface area contributed by atoms with Crippen LogP contribution in [0.1, 0.15) is 12.8 Å². The van der Waals surface area contributed by atoms with Crippen LogP contribution in [0.5, 0.6) is 0 Å². The van der Waals surface area contributed by atoms with E-state index in [1.165, 1.54) is 33.4 Å². The van der Waals surface area contributed by atoms with Gasteiger partial charge in [0, 0.05) is 0 Å². The Hall–Kier alpha value is -2.60. The van der Waals surface area contributed by atoms with Crippen molar-refractivity contribution in [2.45, 2.75) is 12.8 Å². The van der Waals surface area contributed by atoms with E-state index in [1.54, 1.807) is 0 Å². The Labute approximate surface area is 131 Å². The minimum atomic E-state index is 1.00. The van der Waals surface area contributed by atoms with E-state index < -0.39 is 0 Å². The minimum absolute atomic E-state index is 1.00. The van der Waals surface area contributed by atoms with Crippen LogP contribution >= 0.6 is 0 Å². The lowest BCUT2D eigenvalue weighted by molar-refractivity contribution is 1.19. The van der Waals surface area contributed by atoms with Crippen molar-refractivity contribution in [3.05, 3.63) is 119 Å². The van der Waals surface area contributed by atoms with Gasteiger partial charge in [-0.1, -0.05) is 85.1 Å². The van der Waals surface area contributed by atoms with Gasteiger partial charge in [-0.3, -0.25) is 0 Å². The molecule has 0 amide bonds. The summed E-state index contributed by atoms with van der Waals surface area (Å²) in [6.45, 7) is 0. The van der Waals surface area contributed by atoms with E-state index in [9.17, 15) is 0 Å². The fourth-order valence-corrected chi connectivity index (χ4v) is 3.33. The average Bonchev–Trinajstić information content (AvgIpc) is 3.01. The van der Waals surface area contributed by atoms with Gasteiger partial charge in [0.2, 0.25) is 0 Å². The molecule has 0 atom stereocenters. The first-order valence-corrected chi connectivity index (χ1v) is 7.84. The number of hydrogen-bond acceptors (Lipinski definition) is 0. The molecule has 0 heteroatoms. The molecule has 0 aromatic rings. The van der Waals surface area contributed by atoms with Gasteiger partial charge >= 0.3 is 0 Å².